The number of hydrogen-bond donors (Lipinski definition) is 0. The van der Waals surface area contributed by atoms with Crippen LogP contribution in [0, 0.1) is 0 Å². The molecule has 0 bridgehead atoms. The number of ether oxygens (including phenoxy) is 2. The highest BCUT2D eigenvalue weighted by molar-refractivity contribution is 7.45. The summed E-state index contributed by atoms with van der Waals surface area (Å²) >= 11 is 0. The van der Waals surface area contributed by atoms with Crippen LogP contribution in [-0.4, -0.2) is 71.3 Å². The minimum atomic E-state index is -4.33. The molecule has 0 aromatic carbocycles. The van der Waals surface area contributed by atoms with Crippen LogP contribution in [0.1, 0.15) is 26.2 Å². The number of nitrogens with zero attached hydrogens (tertiary/aromatic N) is 1. The minimum absolute atomic E-state index is 0.0826. The molecule has 0 amide bonds. The predicted octanol–water partition coefficient (Wildman–Crippen LogP) is 1.97. The minimum Gasteiger partial charge on any atom is -0.756 e. The summed E-state index contributed by atoms with van der Waals surface area (Å²) < 4.78 is 33.2. The summed E-state index contributed by atoms with van der Waals surface area (Å²) in [6.45, 7) is 7.38. The van der Waals surface area contributed by atoms with Crippen LogP contribution in [0.25, 0.3) is 0 Å². The molecule has 0 aromatic heterocycles. The van der Waals surface area contributed by atoms with Crippen molar-refractivity contribution in [1.82, 2.24) is 0 Å². The van der Waals surface area contributed by atoms with Crippen molar-refractivity contribution in [2.24, 2.45) is 0 Å². The van der Waals surface area contributed by atoms with E-state index >= 15 is 0 Å². The van der Waals surface area contributed by atoms with Crippen LogP contribution in [0.3, 0.4) is 0 Å². The smallest absolute Gasteiger partial charge is 0.268 e. The van der Waals surface area contributed by atoms with Gasteiger partial charge < -0.3 is 27.9 Å². The van der Waals surface area contributed by atoms with E-state index in [0.29, 0.717) is 24.2 Å². The van der Waals surface area contributed by atoms with Gasteiger partial charge in [0.15, 0.2) is 0 Å². The van der Waals surface area contributed by atoms with Crippen molar-refractivity contribution in [3.8, 4) is 0 Å². The monoisotopic (exact) mass is 367 g/mol. The fraction of sp³-hybridized carbons (Fsp3) is 0.875. The van der Waals surface area contributed by atoms with Crippen molar-refractivity contribution < 1.29 is 32.5 Å². The molecule has 0 heterocycles. The summed E-state index contributed by atoms with van der Waals surface area (Å²) in [4.78, 5) is 11.8. The van der Waals surface area contributed by atoms with E-state index in [2.05, 4.69) is 13.5 Å². The molecule has 1 unspecified atom stereocenters. The average Bonchev–Trinajstić information content (AvgIpc) is 2.47. The molecule has 0 saturated carbocycles. The summed E-state index contributed by atoms with van der Waals surface area (Å²) in [7, 11) is 1.53. The number of hydrogen-bond acceptors (Lipinski definition) is 6. The Kier molecular flexibility index (Phi) is 12.9. The SMILES string of the molecule is C=CCOC[C@@H](COP(=O)([O-])OCC[N+](C)(C)C)OCCCCC. The van der Waals surface area contributed by atoms with Gasteiger partial charge in [-0.25, -0.2) is 0 Å². The number of unbranched alkanes of at least 4 members (excludes halogenated alkanes) is 2. The lowest BCUT2D eigenvalue weighted by Crippen LogP contribution is -2.37. The van der Waals surface area contributed by atoms with E-state index in [1.54, 1.807) is 6.08 Å². The Bertz CT molecular complexity index is 372. The Balaban J connectivity index is 4.22. The molecule has 0 fully saturated rings. The topological polar surface area (TPSA) is 77.1 Å². The quantitative estimate of drug-likeness (QED) is 0.180. The zero-order valence-corrected chi connectivity index (χ0v) is 16.5. The molecule has 0 spiro atoms. The van der Waals surface area contributed by atoms with Crippen molar-refractivity contribution in [2.45, 2.75) is 32.3 Å². The molecule has 0 radical (unpaired) electrons. The number of quaternary nitrogens is 1. The first-order chi connectivity index (χ1) is 11.2. The second kappa shape index (κ2) is 13.0. The van der Waals surface area contributed by atoms with Gasteiger partial charge in [-0.3, -0.25) is 4.57 Å². The van der Waals surface area contributed by atoms with Gasteiger partial charge in [0, 0.05) is 6.61 Å². The first kappa shape index (κ1) is 23.7. The highest BCUT2D eigenvalue weighted by atomic mass is 31.2. The summed E-state index contributed by atoms with van der Waals surface area (Å²) in [6.07, 6.45) is 4.25. The van der Waals surface area contributed by atoms with Crippen LogP contribution < -0.4 is 4.89 Å². The summed E-state index contributed by atoms with van der Waals surface area (Å²) in [5.74, 6) is 0. The molecule has 0 rings (SSSR count). The van der Waals surface area contributed by atoms with Crippen molar-refractivity contribution in [3.63, 3.8) is 0 Å². The molecular formula is C16H34NO6P. The van der Waals surface area contributed by atoms with Crippen LogP contribution in [0.2, 0.25) is 0 Å². The fourth-order valence-corrected chi connectivity index (χ4v) is 2.40. The molecule has 2 atom stereocenters. The Morgan fingerprint density at radius 3 is 2.46 bits per heavy atom. The number of likely N-dealkylation sites (N-methyl/N-ethyl adjacent to an activating group) is 1. The van der Waals surface area contributed by atoms with Crippen molar-refractivity contribution >= 4 is 7.82 Å². The third-order valence-corrected chi connectivity index (χ3v) is 4.04. The second-order valence-electron chi connectivity index (χ2n) is 6.62. The first-order valence-electron chi connectivity index (χ1n) is 8.41. The van der Waals surface area contributed by atoms with Crippen LogP contribution in [0.5, 0.6) is 0 Å². The third kappa shape index (κ3) is 15.3. The van der Waals surface area contributed by atoms with Gasteiger partial charge in [0.2, 0.25) is 0 Å². The van der Waals surface area contributed by atoms with Gasteiger partial charge in [-0.1, -0.05) is 25.8 Å². The summed E-state index contributed by atoms with van der Waals surface area (Å²) in [5, 5.41) is 0. The van der Waals surface area contributed by atoms with Crippen LogP contribution in [0.15, 0.2) is 12.7 Å². The van der Waals surface area contributed by atoms with E-state index in [1.807, 2.05) is 21.1 Å². The molecule has 0 saturated heterocycles. The van der Waals surface area contributed by atoms with Crippen LogP contribution >= 0.6 is 7.82 Å². The highest BCUT2D eigenvalue weighted by Crippen LogP contribution is 2.38. The molecule has 0 aliphatic heterocycles. The average molecular weight is 367 g/mol. The van der Waals surface area contributed by atoms with E-state index in [1.165, 1.54) is 0 Å². The normalized spacial score (nSPS) is 15.9. The van der Waals surface area contributed by atoms with Gasteiger partial charge in [0.1, 0.15) is 19.3 Å². The van der Waals surface area contributed by atoms with Gasteiger partial charge in [-0.15, -0.1) is 6.58 Å². The van der Waals surface area contributed by atoms with E-state index in [4.69, 9.17) is 18.5 Å². The Morgan fingerprint density at radius 2 is 1.88 bits per heavy atom. The van der Waals surface area contributed by atoms with Gasteiger partial charge >= 0.3 is 0 Å². The third-order valence-electron chi connectivity index (χ3n) is 3.07. The molecule has 0 aliphatic rings. The Labute approximate surface area is 146 Å². The molecule has 0 aromatic rings. The molecular weight excluding hydrogens is 333 g/mol. The fourth-order valence-electron chi connectivity index (χ4n) is 1.67. The maximum absolute atomic E-state index is 11.8. The zero-order valence-electron chi connectivity index (χ0n) is 15.6. The van der Waals surface area contributed by atoms with Crippen molar-refractivity contribution in [2.75, 3.05) is 60.7 Å². The summed E-state index contributed by atoms with van der Waals surface area (Å²) in [5.41, 5.74) is 0. The second-order valence-corrected chi connectivity index (χ2v) is 8.03. The zero-order chi connectivity index (χ0) is 18.5. The highest BCUT2D eigenvalue weighted by Gasteiger charge is 2.17. The molecule has 7 nitrogen and oxygen atoms in total. The first-order valence-corrected chi connectivity index (χ1v) is 9.87. The molecule has 0 aliphatic carbocycles. The van der Waals surface area contributed by atoms with Crippen molar-refractivity contribution in [1.29, 1.82) is 0 Å². The lowest BCUT2D eigenvalue weighted by Gasteiger charge is -2.28. The van der Waals surface area contributed by atoms with E-state index in [9.17, 15) is 9.46 Å². The van der Waals surface area contributed by atoms with E-state index < -0.39 is 13.9 Å². The van der Waals surface area contributed by atoms with Crippen LogP contribution in [-0.2, 0) is 23.1 Å². The largest absolute Gasteiger partial charge is 0.756 e. The standard InChI is InChI=1S/C16H34NO6P/c1-6-8-9-12-21-16(14-20-11-7-2)15-23-24(18,19)22-13-10-17(3,4)5/h7,16H,2,6,8-15H2,1,3-5H3/t16-/m0/s1. The van der Waals surface area contributed by atoms with Gasteiger partial charge in [0.25, 0.3) is 7.82 Å². The van der Waals surface area contributed by atoms with Gasteiger partial charge in [-0.05, 0) is 6.42 Å². The number of rotatable bonds is 16. The Hall–Kier alpha value is -0.270. The number of phosphoric acid groups is 1. The van der Waals surface area contributed by atoms with E-state index in [0.717, 1.165) is 19.3 Å². The lowest BCUT2D eigenvalue weighted by molar-refractivity contribution is -0.870. The van der Waals surface area contributed by atoms with Crippen LogP contribution in [0.4, 0.5) is 0 Å². The maximum Gasteiger partial charge on any atom is 0.268 e. The van der Waals surface area contributed by atoms with Gasteiger partial charge in [-0.2, -0.15) is 0 Å². The molecule has 144 valence electrons. The predicted molar refractivity (Wildman–Crippen MR) is 92.7 cm³/mol. The number of phosphoric ester groups is 1. The molecule has 24 heavy (non-hydrogen) atoms. The molecule has 0 N–H and O–H groups in total. The maximum atomic E-state index is 11.8. The van der Waals surface area contributed by atoms with Gasteiger partial charge in [0.05, 0.1) is 41.0 Å². The van der Waals surface area contributed by atoms with E-state index in [-0.39, 0.29) is 19.8 Å². The molecule has 8 heteroatoms. The lowest BCUT2D eigenvalue weighted by atomic mass is 10.3. The summed E-state index contributed by atoms with van der Waals surface area (Å²) in [6, 6.07) is 0. The van der Waals surface area contributed by atoms with Crippen molar-refractivity contribution in [3.05, 3.63) is 12.7 Å². The Morgan fingerprint density at radius 1 is 1.17 bits per heavy atom.